The number of carbonyl (C=O) groups excluding carboxylic acids is 1. The molecule has 0 bridgehead atoms. The van der Waals surface area contributed by atoms with Gasteiger partial charge in [-0.15, -0.1) is 0 Å². The molecular formula is C14H16FN3O. The zero-order chi connectivity index (χ0) is 13.9. The Labute approximate surface area is 111 Å². The predicted octanol–water partition coefficient (Wildman–Crippen LogP) is 2.42. The van der Waals surface area contributed by atoms with Crippen LogP contribution in [0.2, 0.25) is 0 Å². The quantitative estimate of drug-likeness (QED) is 0.831. The van der Waals surface area contributed by atoms with Crippen molar-refractivity contribution >= 4 is 5.91 Å². The van der Waals surface area contributed by atoms with Gasteiger partial charge in [0.1, 0.15) is 5.54 Å². The van der Waals surface area contributed by atoms with Crippen molar-refractivity contribution in [2.45, 2.75) is 38.1 Å². The lowest BCUT2D eigenvalue weighted by Gasteiger charge is -2.34. The highest BCUT2D eigenvalue weighted by Gasteiger charge is 2.36. The van der Waals surface area contributed by atoms with Crippen LogP contribution in [0.4, 0.5) is 4.39 Å². The Morgan fingerprint density at radius 1 is 1.58 bits per heavy atom. The van der Waals surface area contributed by atoms with Gasteiger partial charge in [0, 0.05) is 6.20 Å². The van der Waals surface area contributed by atoms with Gasteiger partial charge in [0.05, 0.1) is 11.6 Å². The number of nitriles is 1. The van der Waals surface area contributed by atoms with E-state index in [9.17, 15) is 14.4 Å². The number of amides is 1. The first-order chi connectivity index (χ1) is 9.06. The molecule has 1 aliphatic carbocycles. The van der Waals surface area contributed by atoms with Crippen LogP contribution in [-0.2, 0) is 0 Å². The molecule has 100 valence electrons. The van der Waals surface area contributed by atoms with Gasteiger partial charge in [-0.3, -0.25) is 4.79 Å². The molecule has 1 heterocycles. The van der Waals surface area contributed by atoms with Crippen molar-refractivity contribution in [1.29, 1.82) is 5.26 Å². The number of nitrogens with one attached hydrogen (secondary N) is 1. The lowest BCUT2D eigenvalue weighted by molar-refractivity contribution is 0.0889. The van der Waals surface area contributed by atoms with E-state index >= 15 is 0 Å². The van der Waals surface area contributed by atoms with E-state index in [1.807, 2.05) is 0 Å². The Balaban J connectivity index is 2.14. The lowest BCUT2D eigenvalue weighted by atomic mass is 9.78. The molecule has 0 aliphatic heterocycles. The molecule has 1 N–H and O–H groups in total. The third-order valence-electron chi connectivity index (χ3n) is 3.70. The van der Waals surface area contributed by atoms with Crippen molar-refractivity contribution in [2.24, 2.45) is 5.92 Å². The molecule has 1 fully saturated rings. The summed E-state index contributed by atoms with van der Waals surface area (Å²) in [6.07, 6.45) is 4.29. The number of nitrogens with zero attached hydrogens (tertiary/aromatic N) is 2. The number of carbonyl (C=O) groups is 1. The molecule has 0 spiro atoms. The van der Waals surface area contributed by atoms with Gasteiger partial charge >= 0.3 is 0 Å². The SMILES string of the molecule is CC1CCC(C#N)(NC(=O)c2cccnc2F)CC1. The largest absolute Gasteiger partial charge is 0.334 e. The van der Waals surface area contributed by atoms with Crippen LogP contribution in [0.15, 0.2) is 18.3 Å². The van der Waals surface area contributed by atoms with E-state index in [2.05, 4.69) is 23.3 Å². The highest BCUT2D eigenvalue weighted by atomic mass is 19.1. The van der Waals surface area contributed by atoms with E-state index in [0.29, 0.717) is 18.8 Å². The number of hydrogen-bond donors (Lipinski definition) is 1. The number of rotatable bonds is 2. The minimum Gasteiger partial charge on any atom is -0.334 e. The van der Waals surface area contributed by atoms with Crippen LogP contribution in [0.5, 0.6) is 0 Å². The Morgan fingerprint density at radius 2 is 2.26 bits per heavy atom. The standard InChI is InChI=1S/C14H16FN3O/c1-10-4-6-14(9-16,7-5-10)18-13(19)11-3-2-8-17-12(11)15/h2-3,8,10H,4-7H2,1H3,(H,18,19). The van der Waals surface area contributed by atoms with Gasteiger partial charge in [-0.2, -0.15) is 9.65 Å². The third kappa shape index (κ3) is 2.90. The van der Waals surface area contributed by atoms with E-state index in [0.717, 1.165) is 12.8 Å². The number of halogens is 1. The highest BCUT2D eigenvalue weighted by molar-refractivity contribution is 5.94. The Bertz CT molecular complexity index is 516. The molecule has 0 atom stereocenters. The summed E-state index contributed by atoms with van der Waals surface area (Å²) in [5.74, 6) is -0.813. The lowest BCUT2D eigenvalue weighted by Crippen LogP contribution is -2.49. The monoisotopic (exact) mass is 261 g/mol. The summed E-state index contributed by atoms with van der Waals surface area (Å²) >= 11 is 0. The van der Waals surface area contributed by atoms with Crippen molar-refractivity contribution < 1.29 is 9.18 Å². The van der Waals surface area contributed by atoms with Crippen LogP contribution in [0, 0.1) is 23.2 Å². The van der Waals surface area contributed by atoms with Crippen LogP contribution in [0.25, 0.3) is 0 Å². The molecule has 1 saturated carbocycles. The molecule has 0 saturated heterocycles. The molecule has 0 radical (unpaired) electrons. The van der Waals surface area contributed by atoms with Crippen LogP contribution < -0.4 is 5.32 Å². The highest BCUT2D eigenvalue weighted by Crippen LogP contribution is 2.31. The summed E-state index contributed by atoms with van der Waals surface area (Å²) in [7, 11) is 0. The molecule has 1 aromatic heterocycles. The van der Waals surface area contributed by atoms with E-state index in [1.165, 1.54) is 18.3 Å². The molecule has 1 amide bonds. The molecule has 0 unspecified atom stereocenters. The van der Waals surface area contributed by atoms with Gasteiger partial charge in [0.25, 0.3) is 5.91 Å². The van der Waals surface area contributed by atoms with Gasteiger partial charge in [0.15, 0.2) is 0 Å². The van der Waals surface area contributed by atoms with Crippen LogP contribution >= 0.6 is 0 Å². The van der Waals surface area contributed by atoms with E-state index in [-0.39, 0.29) is 5.56 Å². The molecule has 2 rings (SSSR count). The molecule has 1 aromatic rings. The second-order valence-corrected chi connectivity index (χ2v) is 5.17. The van der Waals surface area contributed by atoms with Crippen LogP contribution in [0.1, 0.15) is 43.0 Å². The summed E-state index contributed by atoms with van der Waals surface area (Å²) in [4.78, 5) is 15.5. The molecule has 0 aromatic carbocycles. The second kappa shape index (κ2) is 5.35. The minimum absolute atomic E-state index is 0.115. The first-order valence-corrected chi connectivity index (χ1v) is 6.40. The Morgan fingerprint density at radius 3 is 2.84 bits per heavy atom. The maximum atomic E-state index is 13.4. The van der Waals surface area contributed by atoms with E-state index < -0.39 is 17.4 Å². The maximum Gasteiger partial charge on any atom is 0.257 e. The smallest absolute Gasteiger partial charge is 0.257 e. The number of aromatic nitrogens is 1. The summed E-state index contributed by atoms with van der Waals surface area (Å²) in [6.45, 7) is 2.13. The van der Waals surface area contributed by atoms with Gasteiger partial charge in [0.2, 0.25) is 5.95 Å². The van der Waals surface area contributed by atoms with Gasteiger partial charge in [-0.25, -0.2) is 4.98 Å². The second-order valence-electron chi connectivity index (χ2n) is 5.17. The average Bonchev–Trinajstić information content (AvgIpc) is 2.42. The summed E-state index contributed by atoms with van der Waals surface area (Å²) < 4.78 is 13.4. The Hall–Kier alpha value is -1.96. The summed E-state index contributed by atoms with van der Waals surface area (Å²) in [6, 6.07) is 5.05. The fraction of sp³-hybridized carbons (Fsp3) is 0.500. The topological polar surface area (TPSA) is 65.8 Å². The van der Waals surface area contributed by atoms with Gasteiger partial charge in [-0.05, 0) is 43.7 Å². The summed E-state index contributed by atoms with van der Waals surface area (Å²) in [5, 5.41) is 12.0. The van der Waals surface area contributed by atoms with Gasteiger partial charge < -0.3 is 5.32 Å². The predicted molar refractivity (Wildman–Crippen MR) is 67.6 cm³/mol. The molecule has 4 nitrogen and oxygen atoms in total. The Kier molecular flexibility index (Phi) is 3.79. The first-order valence-electron chi connectivity index (χ1n) is 6.40. The first kappa shape index (κ1) is 13.5. The zero-order valence-electron chi connectivity index (χ0n) is 10.8. The molecule has 19 heavy (non-hydrogen) atoms. The molecular weight excluding hydrogens is 245 g/mol. The molecule has 5 heteroatoms. The van der Waals surface area contributed by atoms with Crippen molar-refractivity contribution in [2.75, 3.05) is 0 Å². The van der Waals surface area contributed by atoms with E-state index in [4.69, 9.17) is 0 Å². The number of hydrogen-bond acceptors (Lipinski definition) is 3. The fourth-order valence-electron chi connectivity index (χ4n) is 2.36. The fourth-order valence-corrected chi connectivity index (χ4v) is 2.36. The average molecular weight is 261 g/mol. The van der Waals surface area contributed by atoms with Crippen molar-refractivity contribution in [3.8, 4) is 6.07 Å². The van der Waals surface area contributed by atoms with Crippen LogP contribution in [0.3, 0.4) is 0 Å². The van der Waals surface area contributed by atoms with E-state index in [1.54, 1.807) is 0 Å². The minimum atomic E-state index is -0.869. The maximum absolute atomic E-state index is 13.4. The molecule has 1 aliphatic rings. The normalized spacial score (nSPS) is 26.5. The van der Waals surface area contributed by atoms with Crippen molar-refractivity contribution in [3.63, 3.8) is 0 Å². The zero-order valence-corrected chi connectivity index (χ0v) is 10.8. The summed E-state index contributed by atoms with van der Waals surface area (Å²) in [5.41, 5.74) is -0.984. The van der Waals surface area contributed by atoms with Crippen LogP contribution in [-0.4, -0.2) is 16.4 Å². The van der Waals surface area contributed by atoms with Crippen molar-refractivity contribution in [3.05, 3.63) is 29.8 Å². The van der Waals surface area contributed by atoms with Crippen molar-refractivity contribution in [1.82, 2.24) is 10.3 Å². The van der Waals surface area contributed by atoms with Gasteiger partial charge in [-0.1, -0.05) is 6.92 Å². The third-order valence-corrected chi connectivity index (χ3v) is 3.70. The number of pyridine rings is 1.